The third-order valence-corrected chi connectivity index (χ3v) is 7.03. The highest BCUT2D eigenvalue weighted by atomic mass is 79.9. The van der Waals surface area contributed by atoms with Gasteiger partial charge in [0.2, 0.25) is 0 Å². The second-order valence-electron chi connectivity index (χ2n) is 8.61. The molecule has 0 aliphatic carbocycles. The molecule has 4 rings (SSSR count). The first-order valence-corrected chi connectivity index (χ1v) is 13.3. The summed E-state index contributed by atoms with van der Waals surface area (Å²) in [5, 5.41) is 5.76. The van der Waals surface area contributed by atoms with E-state index in [1.54, 1.807) is 10.9 Å². The standard InChI is InChI=1S/C24H32BrClN4O3/c25-10-6-2-1-3-7-11-30-24(31)23(20(26)16-27-30)29-14-12-28(13-15-29)17-19-18-32-21-8-4-5-9-22(21)33-19/h4-5,8-9,16,19H,1-3,6-7,10-15,17-18H2. The fourth-order valence-electron chi connectivity index (χ4n) is 4.39. The molecule has 180 valence electrons. The molecule has 2 aromatic rings. The molecule has 0 amide bonds. The summed E-state index contributed by atoms with van der Waals surface area (Å²) in [6, 6.07) is 7.78. The molecule has 1 fully saturated rings. The van der Waals surface area contributed by atoms with E-state index < -0.39 is 0 Å². The van der Waals surface area contributed by atoms with Crippen molar-refractivity contribution in [1.82, 2.24) is 14.7 Å². The van der Waals surface area contributed by atoms with Crippen LogP contribution in [-0.4, -0.2) is 65.4 Å². The van der Waals surface area contributed by atoms with Crippen LogP contribution in [0, 0.1) is 0 Å². The Hall–Kier alpha value is -1.77. The molecule has 9 heteroatoms. The summed E-state index contributed by atoms with van der Waals surface area (Å²) in [6.45, 7) is 5.16. The van der Waals surface area contributed by atoms with Crippen molar-refractivity contribution in [2.24, 2.45) is 0 Å². The number of fused-ring (bicyclic) bond motifs is 1. The van der Waals surface area contributed by atoms with Crippen molar-refractivity contribution < 1.29 is 9.47 Å². The highest BCUT2D eigenvalue weighted by molar-refractivity contribution is 9.09. The monoisotopic (exact) mass is 538 g/mol. The Kier molecular flexibility index (Phi) is 8.92. The van der Waals surface area contributed by atoms with E-state index >= 15 is 0 Å². The van der Waals surface area contributed by atoms with Crippen molar-refractivity contribution in [3.63, 3.8) is 0 Å². The topological polar surface area (TPSA) is 59.8 Å². The van der Waals surface area contributed by atoms with Gasteiger partial charge in [-0.15, -0.1) is 0 Å². The molecule has 7 nitrogen and oxygen atoms in total. The van der Waals surface area contributed by atoms with Gasteiger partial charge in [-0.25, -0.2) is 4.68 Å². The predicted molar refractivity (Wildman–Crippen MR) is 135 cm³/mol. The van der Waals surface area contributed by atoms with E-state index in [9.17, 15) is 4.79 Å². The van der Waals surface area contributed by atoms with Gasteiger partial charge in [-0.2, -0.15) is 5.10 Å². The molecule has 0 N–H and O–H groups in total. The van der Waals surface area contributed by atoms with Crippen LogP contribution in [0.5, 0.6) is 11.5 Å². The molecular formula is C24H32BrClN4O3. The molecule has 2 aliphatic rings. The van der Waals surface area contributed by atoms with E-state index in [0.29, 0.717) is 23.9 Å². The maximum absolute atomic E-state index is 13.1. The molecule has 0 bridgehead atoms. The molecule has 0 spiro atoms. The lowest BCUT2D eigenvalue weighted by molar-refractivity contribution is 0.0571. The minimum Gasteiger partial charge on any atom is -0.486 e. The summed E-state index contributed by atoms with van der Waals surface area (Å²) >= 11 is 9.89. The van der Waals surface area contributed by atoms with E-state index in [0.717, 1.165) is 62.4 Å². The number of ether oxygens (including phenoxy) is 2. The Bertz CT molecular complexity index is 965. The van der Waals surface area contributed by atoms with Crippen LogP contribution < -0.4 is 19.9 Å². The van der Waals surface area contributed by atoms with Gasteiger partial charge in [-0.3, -0.25) is 9.69 Å². The lowest BCUT2D eigenvalue weighted by atomic mass is 10.1. The number of para-hydroxylation sites is 2. The molecule has 2 aliphatic heterocycles. The van der Waals surface area contributed by atoms with E-state index in [1.807, 2.05) is 24.3 Å². The van der Waals surface area contributed by atoms with E-state index in [2.05, 4.69) is 30.8 Å². The third kappa shape index (κ3) is 6.43. The quantitative estimate of drug-likeness (QED) is 0.333. The zero-order valence-corrected chi connectivity index (χ0v) is 21.3. The molecule has 0 saturated carbocycles. The number of nitrogens with zero attached hydrogens (tertiary/aromatic N) is 4. The zero-order chi connectivity index (χ0) is 23.0. The Labute approximate surface area is 208 Å². The fourth-order valence-corrected chi connectivity index (χ4v) is 5.03. The van der Waals surface area contributed by atoms with Crippen LogP contribution in [0.25, 0.3) is 0 Å². The van der Waals surface area contributed by atoms with Gasteiger partial charge < -0.3 is 14.4 Å². The number of hydrogen-bond acceptors (Lipinski definition) is 6. The average molecular weight is 540 g/mol. The molecule has 33 heavy (non-hydrogen) atoms. The first-order chi connectivity index (χ1) is 16.2. The number of unbranched alkanes of at least 4 members (excludes halogenated alkanes) is 4. The van der Waals surface area contributed by atoms with Crippen molar-refractivity contribution in [3.8, 4) is 11.5 Å². The normalized spacial score (nSPS) is 18.5. The van der Waals surface area contributed by atoms with Crippen molar-refractivity contribution >= 4 is 33.2 Å². The lowest BCUT2D eigenvalue weighted by Crippen LogP contribution is -2.52. The van der Waals surface area contributed by atoms with Gasteiger partial charge >= 0.3 is 0 Å². The highest BCUT2D eigenvalue weighted by Crippen LogP contribution is 2.31. The Balaban J connectivity index is 1.29. The van der Waals surface area contributed by atoms with Gasteiger partial charge in [0, 0.05) is 44.6 Å². The minimum atomic E-state index is -0.0861. The smallest absolute Gasteiger partial charge is 0.291 e. The molecule has 1 aromatic carbocycles. The van der Waals surface area contributed by atoms with Crippen LogP contribution in [0.1, 0.15) is 32.1 Å². The summed E-state index contributed by atoms with van der Waals surface area (Å²) in [5.41, 5.74) is 0.494. The van der Waals surface area contributed by atoms with Gasteiger partial charge in [0.1, 0.15) is 18.4 Å². The number of aryl methyl sites for hydroxylation is 1. The Morgan fingerprint density at radius 2 is 1.76 bits per heavy atom. The molecular weight excluding hydrogens is 508 g/mol. The number of rotatable bonds is 10. The van der Waals surface area contributed by atoms with Gasteiger partial charge in [0.25, 0.3) is 5.56 Å². The van der Waals surface area contributed by atoms with Crippen LogP contribution in [0.4, 0.5) is 5.69 Å². The van der Waals surface area contributed by atoms with E-state index in [-0.39, 0.29) is 11.7 Å². The predicted octanol–water partition coefficient (Wildman–Crippen LogP) is 4.20. The van der Waals surface area contributed by atoms with Crippen molar-refractivity contribution in [2.45, 2.75) is 44.8 Å². The van der Waals surface area contributed by atoms with Crippen LogP contribution in [0.15, 0.2) is 35.3 Å². The Morgan fingerprint density at radius 1 is 1.03 bits per heavy atom. The van der Waals surface area contributed by atoms with E-state index in [1.165, 1.54) is 19.3 Å². The van der Waals surface area contributed by atoms with Crippen LogP contribution >= 0.6 is 27.5 Å². The molecule has 0 radical (unpaired) electrons. The second kappa shape index (κ2) is 12.1. The number of piperazine rings is 1. The minimum absolute atomic E-state index is 0.00251. The summed E-state index contributed by atoms with van der Waals surface area (Å²) in [5.74, 6) is 1.61. The maximum atomic E-state index is 13.1. The first-order valence-electron chi connectivity index (χ1n) is 11.8. The summed E-state index contributed by atoms with van der Waals surface area (Å²) in [7, 11) is 0. The van der Waals surface area contributed by atoms with Crippen LogP contribution in [0.2, 0.25) is 5.02 Å². The van der Waals surface area contributed by atoms with Gasteiger partial charge in [-0.1, -0.05) is 58.9 Å². The summed E-state index contributed by atoms with van der Waals surface area (Å²) in [6.07, 6.45) is 7.27. The molecule has 1 atom stereocenters. The summed E-state index contributed by atoms with van der Waals surface area (Å²) < 4.78 is 13.5. The van der Waals surface area contributed by atoms with Crippen molar-refractivity contribution in [3.05, 3.63) is 45.8 Å². The number of hydrogen-bond donors (Lipinski definition) is 0. The summed E-state index contributed by atoms with van der Waals surface area (Å²) in [4.78, 5) is 17.5. The largest absolute Gasteiger partial charge is 0.486 e. The zero-order valence-electron chi connectivity index (χ0n) is 18.9. The molecule has 1 saturated heterocycles. The van der Waals surface area contributed by atoms with Gasteiger partial charge in [0.15, 0.2) is 11.5 Å². The van der Waals surface area contributed by atoms with Crippen LogP contribution in [0.3, 0.4) is 0 Å². The fraction of sp³-hybridized carbons (Fsp3) is 0.583. The molecule has 1 aromatic heterocycles. The molecule has 3 heterocycles. The van der Waals surface area contributed by atoms with Crippen molar-refractivity contribution in [1.29, 1.82) is 0 Å². The number of anilines is 1. The average Bonchev–Trinajstić information content (AvgIpc) is 2.83. The number of halogens is 2. The SMILES string of the molecule is O=c1c(N2CCN(CC3COc4ccccc4O3)CC2)c(Cl)cnn1CCCCCCCBr. The first kappa shape index (κ1) is 24.4. The van der Waals surface area contributed by atoms with Gasteiger partial charge in [0.05, 0.1) is 11.2 Å². The number of aromatic nitrogens is 2. The molecule has 1 unspecified atom stereocenters. The second-order valence-corrected chi connectivity index (χ2v) is 9.81. The third-order valence-electron chi connectivity index (χ3n) is 6.20. The van der Waals surface area contributed by atoms with E-state index in [4.69, 9.17) is 21.1 Å². The van der Waals surface area contributed by atoms with Gasteiger partial charge in [-0.05, 0) is 25.0 Å². The maximum Gasteiger partial charge on any atom is 0.291 e. The number of alkyl halides is 1. The number of benzene rings is 1. The van der Waals surface area contributed by atoms with Crippen molar-refractivity contribution in [2.75, 3.05) is 49.6 Å². The van der Waals surface area contributed by atoms with Crippen LogP contribution in [-0.2, 0) is 6.54 Å². The highest BCUT2D eigenvalue weighted by Gasteiger charge is 2.27. The lowest BCUT2D eigenvalue weighted by Gasteiger charge is -2.38. The Morgan fingerprint density at radius 3 is 2.55 bits per heavy atom.